The second-order valence-corrected chi connectivity index (χ2v) is 4.23. The summed E-state index contributed by atoms with van der Waals surface area (Å²) in [6.07, 6.45) is 1.55. The van der Waals surface area contributed by atoms with Crippen molar-refractivity contribution < 1.29 is 9.18 Å². The van der Waals surface area contributed by atoms with Crippen molar-refractivity contribution in [2.24, 2.45) is 7.05 Å². The summed E-state index contributed by atoms with van der Waals surface area (Å²) >= 11 is 0. The number of nitrogens with zero attached hydrogens (tertiary/aromatic N) is 3. The zero-order valence-corrected chi connectivity index (χ0v) is 10.6. The highest BCUT2D eigenvalue weighted by Gasteiger charge is 2.17. The maximum atomic E-state index is 12.9. The molecule has 1 aromatic carbocycles. The molecule has 2 rings (SSSR count). The minimum atomic E-state index is -0.476. The topological polar surface area (TPSA) is 85.8 Å². The Morgan fingerprint density at radius 1 is 1.53 bits per heavy atom. The van der Waals surface area contributed by atoms with Crippen molar-refractivity contribution in [3.05, 3.63) is 41.7 Å². The predicted octanol–water partition coefficient (Wildman–Crippen LogP) is 1.03. The van der Waals surface area contributed by atoms with Crippen LogP contribution in [0.5, 0.6) is 0 Å². The van der Waals surface area contributed by atoms with Gasteiger partial charge in [0.15, 0.2) is 5.82 Å². The largest absolute Gasteiger partial charge is 0.398 e. The first-order valence-corrected chi connectivity index (χ1v) is 5.69. The van der Waals surface area contributed by atoms with Crippen molar-refractivity contribution >= 4 is 11.6 Å². The smallest absolute Gasteiger partial charge is 0.253 e. The highest BCUT2D eigenvalue weighted by atomic mass is 19.1. The molecule has 1 unspecified atom stereocenters. The fraction of sp³-hybridized carbons (Fsp3) is 0.250. The molecule has 7 heteroatoms. The van der Waals surface area contributed by atoms with Crippen LogP contribution < -0.4 is 11.1 Å². The lowest BCUT2D eigenvalue weighted by Crippen LogP contribution is -2.29. The summed E-state index contributed by atoms with van der Waals surface area (Å²) in [5.41, 5.74) is 5.94. The Morgan fingerprint density at radius 3 is 2.84 bits per heavy atom. The number of carbonyl (C=O) groups excluding carboxylic acids is 1. The summed E-state index contributed by atoms with van der Waals surface area (Å²) in [6.45, 7) is 1.78. The van der Waals surface area contributed by atoms with E-state index in [1.807, 2.05) is 0 Å². The van der Waals surface area contributed by atoms with Crippen molar-refractivity contribution in [2.75, 3.05) is 5.73 Å². The number of nitrogens with one attached hydrogen (secondary N) is 1. The maximum Gasteiger partial charge on any atom is 0.253 e. The highest BCUT2D eigenvalue weighted by molar-refractivity contribution is 5.99. The summed E-state index contributed by atoms with van der Waals surface area (Å²) in [6, 6.07) is 3.33. The van der Waals surface area contributed by atoms with Crippen LogP contribution in [0.15, 0.2) is 24.5 Å². The summed E-state index contributed by atoms with van der Waals surface area (Å²) in [7, 11) is 1.78. The van der Waals surface area contributed by atoms with Gasteiger partial charge in [-0.05, 0) is 25.1 Å². The predicted molar refractivity (Wildman–Crippen MR) is 67.7 cm³/mol. The number of nitrogens with two attached hydrogens (primary N) is 1. The lowest BCUT2D eigenvalue weighted by molar-refractivity contribution is 0.0938. The van der Waals surface area contributed by atoms with Gasteiger partial charge in [0.1, 0.15) is 12.1 Å². The van der Waals surface area contributed by atoms with Gasteiger partial charge in [-0.15, -0.1) is 10.2 Å². The molecule has 6 nitrogen and oxygen atoms in total. The van der Waals surface area contributed by atoms with Crippen molar-refractivity contribution in [3.63, 3.8) is 0 Å². The molecular weight excluding hydrogens is 249 g/mol. The molecule has 0 aliphatic rings. The van der Waals surface area contributed by atoms with Gasteiger partial charge in [0.2, 0.25) is 0 Å². The van der Waals surface area contributed by atoms with Gasteiger partial charge in [-0.25, -0.2) is 4.39 Å². The molecule has 0 spiro atoms. The molecule has 100 valence electrons. The molecule has 0 saturated heterocycles. The van der Waals surface area contributed by atoms with E-state index in [1.165, 1.54) is 12.1 Å². The van der Waals surface area contributed by atoms with Crippen molar-refractivity contribution in [2.45, 2.75) is 13.0 Å². The zero-order valence-electron chi connectivity index (χ0n) is 10.6. The van der Waals surface area contributed by atoms with Crippen LogP contribution in [0, 0.1) is 5.82 Å². The molecular formula is C12H14FN5O. The third-order valence-electron chi connectivity index (χ3n) is 2.74. The molecule has 0 aliphatic heterocycles. The number of aromatic nitrogens is 3. The second-order valence-electron chi connectivity index (χ2n) is 4.23. The van der Waals surface area contributed by atoms with Crippen LogP contribution in [0.4, 0.5) is 10.1 Å². The van der Waals surface area contributed by atoms with Gasteiger partial charge in [-0.3, -0.25) is 4.79 Å². The fourth-order valence-electron chi connectivity index (χ4n) is 1.76. The third kappa shape index (κ3) is 2.70. The average molecular weight is 263 g/mol. The lowest BCUT2D eigenvalue weighted by atomic mass is 10.1. The number of carbonyl (C=O) groups is 1. The zero-order chi connectivity index (χ0) is 14.0. The maximum absolute atomic E-state index is 12.9. The fourth-order valence-corrected chi connectivity index (χ4v) is 1.76. The molecule has 0 saturated carbocycles. The summed E-state index contributed by atoms with van der Waals surface area (Å²) in [4.78, 5) is 12.0. The van der Waals surface area contributed by atoms with E-state index in [2.05, 4.69) is 15.5 Å². The monoisotopic (exact) mass is 263 g/mol. The molecule has 3 N–H and O–H groups in total. The first kappa shape index (κ1) is 13.0. The van der Waals surface area contributed by atoms with E-state index in [-0.39, 0.29) is 23.2 Å². The number of nitrogen functional groups attached to an aromatic ring is 1. The van der Waals surface area contributed by atoms with Crippen LogP contribution in [-0.2, 0) is 7.05 Å². The van der Waals surface area contributed by atoms with E-state index in [9.17, 15) is 9.18 Å². The number of anilines is 1. The highest BCUT2D eigenvalue weighted by Crippen LogP contribution is 2.15. The molecule has 0 fully saturated rings. The number of aryl methyl sites for hydroxylation is 1. The van der Waals surface area contributed by atoms with E-state index in [0.29, 0.717) is 5.82 Å². The summed E-state index contributed by atoms with van der Waals surface area (Å²) in [5.74, 6) is -0.238. The van der Waals surface area contributed by atoms with Gasteiger partial charge < -0.3 is 15.6 Å². The lowest BCUT2D eigenvalue weighted by Gasteiger charge is -2.13. The van der Waals surface area contributed by atoms with Crippen LogP contribution in [0.1, 0.15) is 29.1 Å². The van der Waals surface area contributed by atoms with Crippen LogP contribution in [0.3, 0.4) is 0 Å². The van der Waals surface area contributed by atoms with Gasteiger partial charge >= 0.3 is 0 Å². The number of hydrogen-bond acceptors (Lipinski definition) is 4. The van der Waals surface area contributed by atoms with Gasteiger partial charge in [-0.1, -0.05) is 0 Å². The molecule has 19 heavy (non-hydrogen) atoms. The quantitative estimate of drug-likeness (QED) is 0.810. The van der Waals surface area contributed by atoms with E-state index in [1.54, 1.807) is 24.9 Å². The van der Waals surface area contributed by atoms with Crippen LogP contribution >= 0.6 is 0 Å². The van der Waals surface area contributed by atoms with Crippen molar-refractivity contribution in [1.82, 2.24) is 20.1 Å². The van der Waals surface area contributed by atoms with E-state index in [4.69, 9.17) is 5.73 Å². The second kappa shape index (κ2) is 5.05. The molecule has 0 bridgehead atoms. The number of benzene rings is 1. The standard InChI is InChI=1S/C12H14FN5O/c1-7(11-17-15-6-18(11)2)16-12(19)9-4-3-8(13)5-10(9)14/h3-7H,14H2,1-2H3,(H,16,19). The Hall–Kier alpha value is -2.44. The van der Waals surface area contributed by atoms with Crippen molar-refractivity contribution in [3.8, 4) is 0 Å². The number of rotatable bonds is 3. The Kier molecular flexibility index (Phi) is 3.46. The summed E-state index contributed by atoms with van der Waals surface area (Å²) < 4.78 is 14.6. The Balaban J connectivity index is 2.15. The van der Waals surface area contributed by atoms with Gasteiger partial charge in [0.25, 0.3) is 5.91 Å². The number of amides is 1. The molecule has 1 aromatic heterocycles. The minimum Gasteiger partial charge on any atom is -0.398 e. The third-order valence-corrected chi connectivity index (χ3v) is 2.74. The van der Waals surface area contributed by atoms with Crippen molar-refractivity contribution in [1.29, 1.82) is 0 Å². The molecule has 2 aromatic rings. The van der Waals surface area contributed by atoms with Gasteiger partial charge in [-0.2, -0.15) is 0 Å². The minimum absolute atomic E-state index is 0.0997. The molecule has 1 heterocycles. The first-order chi connectivity index (χ1) is 8.99. The summed E-state index contributed by atoms with van der Waals surface area (Å²) in [5, 5.41) is 10.4. The molecule has 1 atom stereocenters. The van der Waals surface area contributed by atoms with Crippen LogP contribution in [0.25, 0.3) is 0 Å². The van der Waals surface area contributed by atoms with Crippen LogP contribution in [-0.4, -0.2) is 20.7 Å². The Labute approximate surface area is 109 Å². The number of hydrogen-bond donors (Lipinski definition) is 2. The molecule has 0 aliphatic carbocycles. The first-order valence-electron chi connectivity index (χ1n) is 5.69. The Morgan fingerprint density at radius 2 is 2.26 bits per heavy atom. The van der Waals surface area contributed by atoms with Gasteiger partial charge in [0, 0.05) is 12.7 Å². The Bertz CT molecular complexity index is 610. The molecule has 0 radical (unpaired) electrons. The number of halogens is 1. The van der Waals surface area contributed by atoms with E-state index < -0.39 is 5.82 Å². The normalized spacial score (nSPS) is 12.2. The SMILES string of the molecule is CC(NC(=O)c1ccc(F)cc1N)c1nncn1C. The van der Waals surface area contributed by atoms with E-state index in [0.717, 1.165) is 6.07 Å². The van der Waals surface area contributed by atoms with Gasteiger partial charge in [0.05, 0.1) is 11.6 Å². The van der Waals surface area contributed by atoms with E-state index >= 15 is 0 Å². The molecule has 1 amide bonds. The average Bonchev–Trinajstić information content (AvgIpc) is 2.75. The van der Waals surface area contributed by atoms with Crippen LogP contribution in [0.2, 0.25) is 0 Å².